The molecule has 0 amide bonds. The van der Waals surface area contributed by atoms with Crippen LogP contribution in [0.2, 0.25) is 0 Å². The van der Waals surface area contributed by atoms with Gasteiger partial charge in [0.05, 0.1) is 0 Å². The third-order valence-electron chi connectivity index (χ3n) is 11.1. The SMILES string of the molecule is Cc1cc(C)c(B(c2ccc(-c3ccc(B4c5c(C)cc(C)cc5Cc5cc(C)cc(C)c54)cc3)cc2)c2c(C)cc(C)cc2C)c(C)c1. The zero-order valence-corrected chi connectivity index (χ0v) is 31.1. The van der Waals surface area contributed by atoms with Crippen LogP contribution in [-0.4, -0.2) is 13.4 Å². The van der Waals surface area contributed by atoms with Crippen LogP contribution in [-0.2, 0) is 6.42 Å². The molecule has 1 aliphatic rings. The first-order valence-corrected chi connectivity index (χ1v) is 18.0. The Kier molecular flexibility index (Phi) is 8.56. The average molecular weight is 635 g/mol. The first-order chi connectivity index (χ1) is 23.4. The summed E-state index contributed by atoms with van der Waals surface area (Å²) in [6.45, 7) is 23.0. The van der Waals surface area contributed by atoms with Crippen molar-refractivity contribution < 1.29 is 0 Å². The van der Waals surface area contributed by atoms with E-state index in [1.54, 1.807) is 0 Å². The van der Waals surface area contributed by atoms with E-state index in [4.69, 9.17) is 0 Å². The predicted molar refractivity (Wildman–Crippen MR) is 217 cm³/mol. The van der Waals surface area contributed by atoms with Gasteiger partial charge >= 0.3 is 0 Å². The zero-order valence-electron chi connectivity index (χ0n) is 31.1. The van der Waals surface area contributed by atoms with Crippen molar-refractivity contribution in [1.29, 1.82) is 0 Å². The van der Waals surface area contributed by atoms with Gasteiger partial charge in [-0.2, -0.15) is 0 Å². The molecule has 0 saturated heterocycles. The van der Waals surface area contributed by atoms with Crippen LogP contribution < -0.4 is 32.8 Å². The minimum absolute atomic E-state index is 0.183. The van der Waals surface area contributed by atoms with Crippen molar-refractivity contribution in [2.75, 3.05) is 0 Å². The molecular formula is C47H48B2. The van der Waals surface area contributed by atoms with Gasteiger partial charge in [0, 0.05) is 0 Å². The summed E-state index contributed by atoms with van der Waals surface area (Å²) in [5.74, 6) is 0. The van der Waals surface area contributed by atoms with Gasteiger partial charge in [0.2, 0.25) is 13.4 Å². The van der Waals surface area contributed by atoms with E-state index in [9.17, 15) is 0 Å². The maximum atomic E-state index is 2.41. The number of fused-ring (bicyclic) bond motifs is 2. The summed E-state index contributed by atoms with van der Waals surface area (Å²) >= 11 is 0. The first kappa shape index (κ1) is 33.0. The summed E-state index contributed by atoms with van der Waals surface area (Å²) in [6, 6.07) is 37.8. The third kappa shape index (κ3) is 6.01. The molecule has 0 saturated carbocycles. The highest BCUT2D eigenvalue weighted by Gasteiger charge is 2.33. The number of benzene rings is 6. The topological polar surface area (TPSA) is 0 Å². The van der Waals surface area contributed by atoms with Gasteiger partial charge in [0.15, 0.2) is 0 Å². The van der Waals surface area contributed by atoms with Gasteiger partial charge in [-0.15, -0.1) is 0 Å². The Hall–Kier alpha value is -4.55. The molecule has 0 bridgehead atoms. The highest BCUT2D eigenvalue weighted by atomic mass is 14.2. The van der Waals surface area contributed by atoms with Crippen molar-refractivity contribution in [3.8, 4) is 11.1 Å². The molecule has 0 N–H and O–H groups in total. The number of hydrogen-bond acceptors (Lipinski definition) is 0. The number of aryl methyl sites for hydroxylation is 10. The molecule has 2 heteroatoms. The molecule has 0 radical (unpaired) electrons. The monoisotopic (exact) mass is 634 g/mol. The Morgan fingerprint density at radius 1 is 0.408 bits per heavy atom. The molecule has 0 aliphatic carbocycles. The fourth-order valence-corrected chi connectivity index (χ4v) is 9.44. The molecule has 242 valence electrons. The van der Waals surface area contributed by atoms with Crippen LogP contribution in [0.4, 0.5) is 0 Å². The van der Waals surface area contributed by atoms with Crippen LogP contribution in [0, 0.1) is 69.2 Å². The van der Waals surface area contributed by atoms with Crippen molar-refractivity contribution in [3.63, 3.8) is 0 Å². The van der Waals surface area contributed by atoms with E-state index in [0.29, 0.717) is 0 Å². The molecule has 49 heavy (non-hydrogen) atoms. The van der Waals surface area contributed by atoms with Gasteiger partial charge < -0.3 is 0 Å². The van der Waals surface area contributed by atoms with Gasteiger partial charge in [-0.25, -0.2) is 0 Å². The Bertz CT molecular complexity index is 2070. The lowest BCUT2D eigenvalue weighted by Gasteiger charge is -2.31. The summed E-state index contributed by atoms with van der Waals surface area (Å²) in [4.78, 5) is 0. The Morgan fingerprint density at radius 2 is 0.755 bits per heavy atom. The predicted octanol–water partition coefficient (Wildman–Crippen LogP) is 7.37. The second-order valence-corrected chi connectivity index (χ2v) is 15.2. The summed E-state index contributed by atoms with van der Waals surface area (Å²) < 4.78 is 0. The molecule has 6 aromatic carbocycles. The summed E-state index contributed by atoms with van der Waals surface area (Å²) in [5, 5.41) is 0. The normalized spacial score (nSPS) is 12.2. The van der Waals surface area contributed by atoms with Crippen molar-refractivity contribution in [2.45, 2.75) is 75.7 Å². The van der Waals surface area contributed by atoms with Gasteiger partial charge in [-0.3, -0.25) is 0 Å². The Balaban J connectivity index is 1.29. The standard InChI is InChI=1S/C47H48B2/c1-28-19-32(5)44(33(6)20-28)48(45-34(7)21-29(2)22-35(45)8)42-15-11-38(12-16-42)39-13-17-43(18-14-39)49-46-36(9)23-30(3)25-40(46)27-41-26-31(4)24-37(10)47(41)49/h11-26H,27H2,1-10H3. The highest BCUT2D eigenvalue weighted by molar-refractivity contribution is 6.97. The van der Waals surface area contributed by atoms with Gasteiger partial charge in [0.1, 0.15) is 0 Å². The molecule has 0 atom stereocenters. The first-order valence-electron chi connectivity index (χ1n) is 18.0. The molecule has 0 nitrogen and oxygen atoms in total. The number of hydrogen-bond donors (Lipinski definition) is 0. The molecule has 6 aromatic rings. The summed E-state index contributed by atoms with van der Waals surface area (Å²) in [5.41, 5.74) is 27.7. The van der Waals surface area contributed by atoms with E-state index < -0.39 is 0 Å². The quantitative estimate of drug-likeness (QED) is 0.174. The summed E-state index contributed by atoms with van der Waals surface area (Å²) in [7, 11) is 0. The molecule has 1 heterocycles. The molecule has 0 unspecified atom stereocenters. The molecule has 0 aromatic heterocycles. The van der Waals surface area contributed by atoms with Crippen LogP contribution >= 0.6 is 0 Å². The summed E-state index contributed by atoms with van der Waals surface area (Å²) in [6.07, 6.45) is 1.01. The van der Waals surface area contributed by atoms with Gasteiger partial charge in [-0.05, 0) is 97.9 Å². The van der Waals surface area contributed by atoms with E-state index >= 15 is 0 Å². The van der Waals surface area contributed by atoms with E-state index in [-0.39, 0.29) is 13.4 Å². The van der Waals surface area contributed by atoms with Crippen molar-refractivity contribution in [1.82, 2.24) is 0 Å². The van der Waals surface area contributed by atoms with Gasteiger partial charge in [0.25, 0.3) is 0 Å². The van der Waals surface area contributed by atoms with E-state index in [1.165, 1.54) is 111 Å². The van der Waals surface area contributed by atoms with Crippen LogP contribution in [0.1, 0.15) is 66.8 Å². The maximum absolute atomic E-state index is 2.41. The average Bonchev–Trinajstić information content (AvgIpc) is 3.02. The molecule has 0 spiro atoms. The fraction of sp³-hybridized carbons (Fsp3) is 0.234. The maximum Gasteiger partial charge on any atom is 0.242 e. The largest absolute Gasteiger partial charge is 0.242 e. The lowest BCUT2D eigenvalue weighted by molar-refractivity contribution is 1.16. The second kappa shape index (κ2) is 12.7. The van der Waals surface area contributed by atoms with Crippen molar-refractivity contribution in [3.05, 3.63) is 164 Å². The molecular weight excluding hydrogens is 586 g/mol. The third-order valence-corrected chi connectivity index (χ3v) is 11.1. The molecule has 0 fully saturated rings. The van der Waals surface area contributed by atoms with Crippen LogP contribution in [0.25, 0.3) is 11.1 Å². The molecule has 1 aliphatic heterocycles. The second-order valence-electron chi connectivity index (χ2n) is 15.2. The highest BCUT2D eigenvalue weighted by Crippen LogP contribution is 2.23. The van der Waals surface area contributed by atoms with Crippen LogP contribution in [0.5, 0.6) is 0 Å². The van der Waals surface area contributed by atoms with Crippen LogP contribution in [0.3, 0.4) is 0 Å². The van der Waals surface area contributed by atoms with Crippen LogP contribution in [0.15, 0.2) is 97.1 Å². The van der Waals surface area contributed by atoms with E-state index in [0.717, 1.165) is 6.42 Å². The zero-order chi connectivity index (χ0) is 34.7. The smallest absolute Gasteiger partial charge is 0.0686 e. The van der Waals surface area contributed by atoms with Crippen molar-refractivity contribution in [2.24, 2.45) is 0 Å². The lowest BCUT2D eigenvalue weighted by atomic mass is 9.32. The lowest BCUT2D eigenvalue weighted by Crippen LogP contribution is -2.58. The fourth-order valence-electron chi connectivity index (χ4n) is 9.44. The Labute approximate surface area is 295 Å². The van der Waals surface area contributed by atoms with Gasteiger partial charge in [-0.1, -0.05) is 185 Å². The van der Waals surface area contributed by atoms with E-state index in [1.807, 2.05) is 0 Å². The minimum Gasteiger partial charge on any atom is -0.0686 e. The molecule has 7 rings (SSSR count). The number of rotatable bonds is 5. The minimum atomic E-state index is 0.183. The van der Waals surface area contributed by atoms with E-state index in [2.05, 4.69) is 166 Å². The Morgan fingerprint density at radius 3 is 1.16 bits per heavy atom. The van der Waals surface area contributed by atoms with Crippen molar-refractivity contribution >= 4 is 46.2 Å².